The zero-order chi connectivity index (χ0) is 10.1. The summed E-state index contributed by atoms with van der Waals surface area (Å²) in [6.07, 6.45) is 0. The van der Waals surface area contributed by atoms with E-state index in [-0.39, 0.29) is 12.4 Å². The lowest BCUT2D eigenvalue weighted by molar-refractivity contribution is 0.415. The summed E-state index contributed by atoms with van der Waals surface area (Å²) in [5, 5.41) is 4.34. The van der Waals surface area contributed by atoms with Crippen LogP contribution in [-0.4, -0.2) is 18.7 Å². The average Bonchev–Trinajstić information content (AvgIpc) is 2.55. The summed E-state index contributed by atoms with van der Waals surface area (Å²) < 4.78 is 7.30. The first-order valence-corrected chi connectivity index (χ1v) is 4.57. The first kappa shape index (κ1) is 11.7. The third kappa shape index (κ3) is 1.88. The summed E-state index contributed by atoms with van der Waals surface area (Å²) in [5.74, 6) is 2.00. The molecule has 0 atom stereocenters. The molecule has 15 heavy (non-hydrogen) atoms. The summed E-state index contributed by atoms with van der Waals surface area (Å²) in [5.41, 5.74) is 1.20. The number of halogens is 1. The van der Waals surface area contributed by atoms with Gasteiger partial charge in [0.15, 0.2) is 0 Å². The topological polar surface area (TPSA) is 26.2 Å². The van der Waals surface area contributed by atoms with Crippen LogP contribution in [0, 0.1) is 0 Å². The fraction of sp³-hybridized carbons (Fsp3) is 0.273. The van der Waals surface area contributed by atoms with Crippen LogP contribution in [0.25, 0.3) is 10.9 Å². The van der Waals surface area contributed by atoms with Crippen LogP contribution in [0.5, 0.6) is 5.75 Å². The minimum Gasteiger partial charge on any atom is -0.497 e. The smallest absolute Gasteiger partial charge is 0.119 e. The van der Waals surface area contributed by atoms with Crippen LogP contribution in [0.1, 0.15) is 0 Å². The third-order valence-corrected chi connectivity index (χ3v) is 2.51. The molecule has 0 aliphatic carbocycles. The summed E-state index contributed by atoms with van der Waals surface area (Å²) in [6, 6.07) is 8.19. The number of rotatable bonds is 2. The van der Waals surface area contributed by atoms with Gasteiger partial charge in [-0.2, -0.15) is 0 Å². The van der Waals surface area contributed by atoms with Crippen molar-refractivity contribution < 1.29 is 4.74 Å². The van der Waals surface area contributed by atoms with E-state index in [1.54, 1.807) is 7.11 Å². The molecule has 1 aromatic heterocycles. The van der Waals surface area contributed by atoms with E-state index in [1.165, 1.54) is 10.9 Å². The van der Waals surface area contributed by atoms with Gasteiger partial charge in [0.25, 0.3) is 0 Å². The van der Waals surface area contributed by atoms with Crippen molar-refractivity contribution in [3.8, 4) is 5.75 Å². The molecule has 1 N–H and O–H groups in total. The minimum absolute atomic E-state index is 0. The molecule has 0 aliphatic heterocycles. The molecular weight excluding hydrogens is 212 g/mol. The van der Waals surface area contributed by atoms with Crippen molar-refractivity contribution in [2.45, 2.75) is 0 Å². The van der Waals surface area contributed by atoms with Crippen LogP contribution in [0.3, 0.4) is 0 Å². The first-order chi connectivity index (χ1) is 6.76. The maximum atomic E-state index is 5.18. The minimum atomic E-state index is 0. The van der Waals surface area contributed by atoms with Crippen molar-refractivity contribution in [3.05, 3.63) is 24.3 Å². The lowest BCUT2D eigenvalue weighted by atomic mass is 10.2. The van der Waals surface area contributed by atoms with Gasteiger partial charge in [-0.3, -0.25) is 0 Å². The molecule has 3 nitrogen and oxygen atoms in total. The normalized spacial score (nSPS) is 9.80. The Morgan fingerprint density at radius 2 is 2.00 bits per heavy atom. The number of nitrogens with one attached hydrogen (secondary N) is 1. The number of fused-ring (bicyclic) bond motifs is 1. The Labute approximate surface area is 95.4 Å². The van der Waals surface area contributed by atoms with Crippen molar-refractivity contribution in [2.24, 2.45) is 7.05 Å². The van der Waals surface area contributed by atoms with E-state index < -0.39 is 0 Å². The van der Waals surface area contributed by atoms with Gasteiger partial charge in [0.1, 0.15) is 11.6 Å². The second-order valence-electron chi connectivity index (χ2n) is 3.26. The maximum absolute atomic E-state index is 5.18. The quantitative estimate of drug-likeness (QED) is 0.852. The van der Waals surface area contributed by atoms with E-state index in [0.717, 1.165) is 11.6 Å². The Kier molecular flexibility index (Phi) is 3.48. The SMILES string of the molecule is CNc1cc2cc(OC)ccc2n1C.Cl. The molecule has 0 fully saturated rings. The standard InChI is InChI=1S/C11H14N2O.ClH/c1-12-11-7-8-6-9(14-3)4-5-10(8)13(11)2;/h4-7,12H,1-3H3;1H. The van der Waals surface area contributed by atoms with Crippen LogP contribution in [0.15, 0.2) is 24.3 Å². The summed E-state index contributed by atoms with van der Waals surface area (Å²) >= 11 is 0. The molecule has 0 aliphatic rings. The van der Waals surface area contributed by atoms with Crippen LogP contribution < -0.4 is 10.1 Å². The monoisotopic (exact) mass is 226 g/mol. The molecule has 0 saturated heterocycles. The molecular formula is C11H15ClN2O. The second-order valence-corrected chi connectivity index (χ2v) is 3.26. The maximum Gasteiger partial charge on any atom is 0.119 e. The Hall–Kier alpha value is -1.35. The van der Waals surface area contributed by atoms with E-state index >= 15 is 0 Å². The Morgan fingerprint density at radius 3 is 2.60 bits per heavy atom. The van der Waals surface area contributed by atoms with Crippen LogP contribution in [0.2, 0.25) is 0 Å². The zero-order valence-electron chi connectivity index (χ0n) is 9.07. The lowest BCUT2D eigenvalue weighted by Crippen LogP contribution is -1.95. The highest BCUT2D eigenvalue weighted by Crippen LogP contribution is 2.25. The highest BCUT2D eigenvalue weighted by Gasteiger charge is 2.04. The van der Waals surface area contributed by atoms with E-state index in [9.17, 15) is 0 Å². The molecule has 0 amide bonds. The van der Waals surface area contributed by atoms with Gasteiger partial charge in [0.05, 0.1) is 7.11 Å². The van der Waals surface area contributed by atoms with E-state index in [1.807, 2.05) is 26.2 Å². The number of anilines is 1. The molecule has 2 aromatic rings. The predicted octanol–water partition coefficient (Wildman–Crippen LogP) is 2.65. The van der Waals surface area contributed by atoms with Gasteiger partial charge in [-0.05, 0) is 24.3 Å². The van der Waals surface area contributed by atoms with Crippen molar-refractivity contribution in [2.75, 3.05) is 19.5 Å². The average molecular weight is 227 g/mol. The molecule has 0 radical (unpaired) electrons. The number of ether oxygens (including phenoxy) is 1. The molecule has 1 heterocycles. The molecule has 1 aromatic carbocycles. The number of methoxy groups -OCH3 is 1. The number of aromatic nitrogens is 1. The van der Waals surface area contributed by atoms with Gasteiger partial charge in [-0.15, -0.1) is 12.4 Å². The Balaban J connectivity index is 0.00000112. The Morgan fingerprint density at radius 1 is 1.27 bits per heavy atom. The molecule has 0 saturated carbocycles. The van der Waals surface area contributed by atoms with Gasteiger partial charge in [0.2, 0.25) is 0 Å². The van der Waals surface area contributed by atoms with E-state index in [2.05, 4.69) is 22.0 Å². The van der Waals surface area contributed by atoms with Gasteiger partial charge < -0.3 is 14.6 Å². The number of hydrogen-bond donors (Lipinski definition) is 1. The van der Waals surface area contributed by atoms with Gasteiger partial charge in [-0.1, -0.05) is 0 Å². The molecule has 0 bridgehead atoms. The molecule has 2 rings (SSSR count). The van der Waals surface area contributed by atoms with E-state index in [4.69, 9.17) is 4.74 Å². The van der Waals surface area contributed by atoms with Crippen molar-refractivity contribution in [1.82, 2.24) is 4.57 Å². The summed E-state index contributed by atoms with van der Waals surface area (Å²) in [7, 11) is 5.65. The van der Waals surface area contributed by atoms with Crippen LogP contribution in [0.4, 0.5) is 5.82 Å². The number of benzene rings is 1. The van der Waals surface area contributed by atoms with E-state index in [0.29, 0.717) is 0 Å². The zero-order valence-corrected chi connectivity index (χ0v) is 9.89. The third-order valence-electron chi connectivity index (χ3n) is 2.51. The van der Waals surface area contributed by atoms with Crippen molar-refractivity contribution in [3.63, 3.8) is 0 Å². The molecule has 0 spiro atoms. The first-order valence-electron chi connectivity index (χ1n) is 4.57. The summed E-state index contributed by atoms with van der Waals surface area (Å²) in [4.78, 5) is 0. The number of hydrogen-bond acceptors (Lipinski definition) is 2. The molecule has 0 unspecified atom stereocenters. The highest BCUT2D eigenvalue weighted by atomic mass is 35.5. The summed E-state index contributed by atoms with van der Waals surface area (Å²) in [6.45, 7) is 0. The van der Waals surface area contributed by atoms with Gasteiger partial charge in [0, 0.05) is 25.0 Å². The highest BCUT2D eigenvalue weighted by molar-refractivity contribution is 5.86. The van der Waals surface area contributed by atoms with Crippen molar-refractivity contribution >= 4 is 29.1 Å². The molecule has 4 heteroatoms. The van der Waals surface area contributed by atoms with Gasteiger partial charge >= 0.3 is 0 Å². The van der Waals surface area contributed by atoms with Crippen LogP contribution in [-0.2, 0) is 7.05 Å². The van der Waals surface area contributed by atoms with Crippen molar-refractivity contribution in [1.29, 1.82) is 0 Å². The van der Waals surface area contributed by atoms with Gasteiger partial charge in [-0.25, -0.2) is 0 Å². The fourth-order valence-corrected chi connectivity index (χ4v) is 1.69. The number of nitrogens with zero attached hydrogens (tertiary/aromatic N) is 1. The Bertz CT molecular complexity index is 465. The number of aryl methyl sites for hydroxylation is 1. The second kappa shape index (κ2) is 4.45. The largest absolute Gasteiger partial charge is 0.497 e. The fourth-order valence-electron chi connectivity index (χ4n) is 1.69. The molecule has 82 valence electrons. The predicted molar refractivity (Wildman–Crippen MR) is 66.3 cm³/mol. The van der Waals surface area contributed by atoms with Crippen LogP contribution >= 0.6 is 12.4 Å². The lowest BCUT2D eigenvalue weighted by Gasteiger charge is -2.02.